The van der Waals surface area contributed by atoms with Crippen molar-refractivity contribution in [2.75, 3.05) is 6.61 Å². The lowest BCUT2D eigenvalue weighted by molar-refractivity contribution is -0.163. The number of rotatable bonds is 0. The Morgan fingerprint density at radius 3 is 2.30 bits per heavy atom. The van der Waals surface area contributed by atoms with Crippen molar-refractivity contribution in [2.45, 2.75) is 23.9 Å². The summed E-state index contributed by atoms with van der Waals surface area (Å²) in [6.07, 6.45) is -3.44. The molecule has 0 radical (unpaired) electrons. The number of aliphatic hydroxyl groups is 3. The van der Waals surface area contributed by atoms with Crippen LogP contribution in [-0.4, -0.2) is 45.8 Å². The van der Waals surface area contributed by atoms with E-state index in [0.29, 0.717) is 0 Å². The van der Waals surface area contributed by atoms with Gasteiger partial charge in [-0.2, -0.15) is 0 Å². The molecule has 0 aliphatic carbocycles. The zero-order valence-electron chi connectivity index (χ0n) is 5.14. The second-order valence-corrected chi connectivity index (χ2v) is 2.66. The molecule has 10 heavy (non-hydrogen) atoms. The van der Waals surface area contributed by atoms with Gasteiger partial charge in [-0.15, -0.1) is 0 Å². The maximum Gasteiger partial charge on any atom is 0.159 e. The Bertz CT molecular complexity index is 106. The summed E-state index contributed by atoms with van der Waals surface area (Å²) < 4.78 is 4.68. The van der Waals surface area contributed by atoms with Gasteiger partial charge in [0.1, 0.15) is 18.3 Å². The van der Waals surface area contributed by atoms with E-state index in [1.165, 1.54) is 0 Å². The van der Waals surface area contributed by atoms with Crippen LogP contribution in [0.1, 0.15) is 0 Å². The third kappa shape index (κ3) is 1.41. The molecule has 0 aromatic rings. The summed E-state index contributed by atoms with van der Waals surface area (Å²) in [5, 5.41) is 26.8. The van der Waals surface area contributed by atoms with Crippen LogP contribution in [0, 0.1) is 0 Å². The van der Waals surface area contributed by atoms with Gasteiger partial charge < -0.3 is 20.1 Å². The number of aliphatic hydroxyl groups excluding tert-OH is 3. The average Bonchev–Trinajstić information content (AvgIpc) is 1.93. The molecule has 0 amide bonds. The van der Waals surface area contributed by atoms with Crippen molar-refractivity contribution in [2.24, 2.45) is 0 Å². The third-order valence-corrected chi connectivity index (χ3v) is 1.82. The van der Waals surface area contributed by atoms with E-state index in [9.17, 15) is 0 Å². The van der Waals surface area contributed by atoms with Crippen LogP contribution in [0.2, 0.25) is 0 Å². The lowest BCUT2D eigenvalue weighted by atomic mass is 10.1. The van der Waals surface area contributed by atoms with Gasteiger partial charge in [0, 0.05) is 0 Å². The Morgan fingerprint density at radius 2 is 1.80 bits per heavy atom. The zero-order chi connectivity index (χ0) is 7.72. The van der Waals surface area contributed by atoms with Crippen molar-refractivity contribution in [1.29, 1.82) is 0 Å². The quantitative estimate of drug-likeness (QED) is 0.392. The second-order valence-electron chi connectivity index (χ2n) is 2.23. The fourth-order valence-corrected chi connectivity index (χ4v) is 0.992. The highest BCUT2D eigenvalue weighted by molar-refractivity contribution is 6.20. The average molecular weight is 169 g/mol. The molecule has 0 aromatic heterocycles. The van der Waals surface area contributed by atoms with Gasteiger partial charge in [-0.25, -0.2) is 0 Å². The summed E-state index contributed by atoms with van der Waals surface area (Å²) in [5.41, 5.74) is -0.918. The molecule has 1 rings (SSSR count). The molecule has 1 saturated heterocycles. The number of hydrogen-bond acceptors (Lipinski definition) is 4. The third-order valence-electron chi connectivity index (χ3n) is 1.44. The summed E-state index contributed by atoms with van der Waals surface area (Å²) in [6, 6.07) is 0. The Labute approximate surface area is 63.0 Å². The SMILES string of the molecule is O[C@@H]1[C@H](O)COC(Cl)[C@@H]1O. The second kappa shape index (κ2) is 3.02. The van der Waals surface area contributed by atoms with Crippen LogP contribution < -0.4 is 0 Å². The molecule has 1 aliphatic heterocycles. The van der Waals surface area contributed by atoms with E-state index < -0.39 is 23.9 Å². The fourth-order valence-electron chi connectivity index (χ4n) is 0.770. The molecule has 0 spiro atoms. The largest absolute Gasteiger partial charge is 0.388 e. The molecular weight excluding hydrogens is 160 g/mol. The normalized spacial score (nSPS) is 49.2. The van der Waals surface area contributed by atoms with Crippen LogP contribution in [0.5, 0.6) is 0 Å². The van der Waals surface area contributed by atoms with E-state index in [4.69, 9.17) is 26.9 Å². The summed E-state index contributed by atoms with van der Waals surface area (Å²) in [6.45, 7) is -0.0353. The van der Waals surface area contributed by atoms with Crippen LogP contribution in [0.25, 0.3) is 0 Å². The van der Waals surface area contributed by atoms with Crippen LogP contribution in [0.15, 0.2) is 0 Å². The molecule has 60 valence electrons. The first-order chi connectivity index (χ1) is 4.63. The van der Waals surface area contributed by atoms with Crippen molar-refractivity contribution in [3.05, 3.63) is 0 Å². The van der Waals surface area contributed by atoms with Gasteiger partial charge in [0.25, 0.3) is 0 Å². The lowest BCUT2D eigenvalue weighted by Crippen LogP contribution is -2.50. The molecule has 1 heterocycles. The standard InChI is InChI=1S/C5H9ClO4/c6-5-4(9)3(8)2(7)1-10-5/h2-5,7-9H,1H2/t2-,3-,4-,5?/m1/s1. The van der Waals surface area contributed by atoms with Gasteiger partial charge in [0.05, 0.1) is 6.61 Å². The molecule has 4 nitrogen and oxygen atoms in total. The minimum Gasteiger partial charge on any atom is -0.388 e. The Balaban J connectivity index is 2.52. The predicted octanol–water partition coefficient (Wildman–Crippen LogP) is -1.34. The number of ether oxygens (including phenoxy) is 1. The topological polar surface area (TPSA) is 69.9 Å². The van der Waals surface area contributed by atoms with E-state index in [2.05, 4.69) is 4.74 Å². The molecule has 1 fully saturated rings. The smallest absolute Gasteiger partial charge is 0.159 e. The lowest BCUT2D eigenvalue weighted by Gasteiger charge is -2.31. The van der Waals surface area contributed by atoms with Crippen molar-refractivity contribution < 1.29 is 20.1 Å². The van der Waals surface area contributed by atoms with Gasteiger partial charge in [0.15, 0.2) is 5.56 Å². The molecule has 0 aromatic carbocycles. The Morgan fingerprint density at radius 1 is 1.20 bits per heavy atom. The highest BCUT2D eigenvalue weighted by Crippen LogP contribution is 2.17. The molecule has 0 bridgehead atoms. The molecule has 5 heteroatoms. The highest BCUT2D eigenvalue weighted by atomic mass is 35.5. The van der Waals surface area contributed by atoms with Crippen LogP contribution in [-0.2, 0) is 4.74 Å². The minimum atomic E-state index is -1.20. The fraction of sp³-hybridized carbons (Fsp3) is 1.00. The molecule has 1 unspecified atom stereocenters. The van der Waals surface area contributed by atoms with Crippen molar-refractivity contribution in [3.63, 3.8) is 0 Å². The summed E-state index contributed by atoms with van der Waals surface area (Å²) in [4.78, 5) is 0. The summed E-state index contributed by atoms with van der Waals surface area (Å²) in [5.74, 6) is 0. The van der Waals surface area contributed by atoms with E-state index in [-0.39, 0.29) is 6.61 Å². The van der Waals surface area contributed by atoms with E-state index in [0.717, 1.165) is 0 Å². The van der Waals surface area contributed by atoms with Crippen LogP contribution in [0.3, 0.4) is 0 Å². The first-order valence-corrected chi connectivity index (χ1v) is 3.36. The predicted molar refractivity (Wildman–Crippen MR) is 33.6 cm³/mol. The first-order valence-electron chi connectivity index (χ1n) is 2.93. The number of halogens is 1. The van der Waals surface area contributed by atoms with Gasteiger partial charge in [-0.1, -0.05) is 11.6 Å². The monoisotopic (exact) mass is 168 g/mol. The Kier molecular flexibility index (Phi) is 2.49. The number of alkyl halides is 1. The number of hydrogen-bond donors (Lipinski definition) is 3. The first kappa shape index (κ1) is 8.23. The van der Waals surface area contributed by atoms with Crippen molar-refractivity contribution in [3.8, 4) is 0 Å². The maximum absolute atomic E-state index is 8.95. The van der Waals surface area contributed by atoms with Gasteiger partial charge in [0.2, 0.25) is 0 Å². The minimum absolute atomic E-state index is 0.0353. The van der Waals surface area contributed by atoms with E-state index >= 15 is 0 Å². The summed E-state index contributed by atoms with van der Waals surface area (Å²) >= 11 is 5.38. The van der Waals surface area contributed by atoms with E-state index in [1.54, 1.807) is 0 Å². The highest BCUT2D eigenvalue weighted by Gasteiger charge is 2.36. The maximum atomic E-state index is 8.95. The molecule has 4 atom stereocenters. The van der Waals surface area contributed by atoms with Crippen molar-refractivity contribution >= 4 is 11.6 Å². The molecule has 1 aliphatic rings. The molecule has 3 N–H and O–H groups in total. The van der Waals surface area contributed by atoms with Crippen LogP contribution in [0.4, 0.5) is 0 Å². The van der Waals surface area contributed by atoms with Crippen LogP contribution >= 0.6 is 11.6 Å². The van der Waals surface area contributed by atoms with Gasteiger partial charge in [-0.05, 0) is 0 Å². The zero-order valence-corrected chi connectivity index (χ0v) is 5.90. The van der Waals surface area contributed by atoms with Gasteiger partial charge >= 0.3 is 0 Å². The van der Waals surface area contributed by atoms with E-state index in [1.807, 2.05) is 0 Å². The Hall–Kier alpha value is 0.130. The molecular formula is C5H9ClO4. The molecule has 0 saturated carbocycles. The summed E-state index contributed by atoms with van der Waals surface area (Å²) in [7, 11) is 0. The van der Waals surface area contributed by atoms with Crippen molar-refractivity contribution in [1.82, 2.24) is 0 Å². The van der Waals surface area contributed by atoms with Gasteiger partial charge in [-0.3, -0.25) is 0 Å².